The molecule has 0 aliphatic rings. The molecule has 19 heavy (non-hydrogen) atoms. The Morgan fingerprint density at radius 2 is 2.42 bits per heavy atom. The molecule has 0 saturated carbocycles. The minimum absolute atomic E-state index is 0.0144. The Labute approximate surface area is 112 Å². The Balaban J connectivity index is 1.97. The van der Waals surface area contributed by atoms with Crippen LogP contribution in [0.4, 0.5) is 5.82 Å². The van der Waals surface area contributed by atoms with Crippen LogP contribution in [-0.2, 0) is 4.79 Å². The number of nitrogens with zero attached hydrogens (tertiary/aromatic N) is 3. The molecule has 1 atom stereocenters. The number of hydrogen-bond donors (Lipinski definition) is 2. The van der Waals surface area contributed by atoms with Crippen LogP contribution in [0, 0.1) is 6.92 Å². The monoisotopic (exact) mass is 261 g/mol. The summed E-state index contributed by atoms with van der Waals surface area (Å²) in [6, 6.07) is 0.149. The second-order valence-corrected chi connectivity index (χ2v) is 4.63. The first-order chi connectivity index (χ1) is 9.20. The highest BCUT2D eigenvalue weighted by atomic mass is 16.1. The number of carbonyl (C=O) groups is 1. The van der Waals surface area contributed by atoms with Gasteiger partial charge < -0.3 is 9.88 Å². The summed E-state index contributed by atoms with van der Waals surface area (Å²) in [5.41, 5.74) is 0.933. The lowest BCUT2D eigenvalue weighted by Gasteiger charge is -2.17. The molecule has 1 unspecified atom stereocenters. The largest absolute Gasteiger partial charge is 0.334 e. The third-order valence-corrected chi connectivity index (χ3v) is 3.08. The molecule has 0 saturated heterocycles. The molecule has 0 radical (unpaired) electrons. The van der Waals surface area contributed by atoms with Crippen molar-refractivity contribution in [3.63, 3.8) is 0 Å². The molecule has 0 bridgehead atoms. The summed E-state index contributed by atoms with van der Waals surface area (Å²) < 4.78 is 1.99. The molecule has 0 aromatic carbocycles. The van der Waals surface area contributed by atoms with Crippen LogP contribution in [0.2, 0.25) is 0 Å². The number of carbonyl (C=O) groups excluding carboxylic acids is 1. The zero-order valence-electron chi connectivity index (χ0n) is 11.3. The SMILES string of the molecule is CCCC(CC(=O)Nc1[nH]ncc1C)n1ccnc1. The van der Waals surface area contributed by atoms with Crippen molar-refractivity contribution in [3.05, 3.63) is 30.5 Å². The Kier molecular flexibility index (Phi) is 4.33. The van der Waals surface area contributed by atoms with Gasteiger partial charge in [0.2, 0.25) is 5.91 Å². The molecule has 6 nitrogen and oxygen atoms in total. The lowest BCUT2D eigenvalue weighted by molar-refractivity contribution is -0.117. The van der Waals surface area contributed by atoms with E-state index >= 15 is 0 Å². The van der Waals surface area contributed by atoms with Crippen molar-refractivity contribution >= 4 is 11.7 Å². The minimum atomic E-state index is -0.0144. The topological polar surface area (TPSA) is 75.6 Å². The summed E-state index contributed by atoms with van der Waals surface area (Å²) in [4.78, 5) is 16.1. The van der Waals surface area contributed by atoms with Crippen LogP contribution in [0.25, 0.3) is 0 Å². The summed E-state index contributed by atoms with van der Waals surface area (Å²) in [7, 11) is 0. The first kappa shape index (κ1) is 13.3. The van der Waals surface area contributed by atoms with E-state index in [2.05, 4.69) is 27.4 Å². The Bertz CT molecular complexity index is 517. The number of aryl methyl sites for hydroxylation is 1. The van der Waals surface area contributed by atoms with Gasteiger partial charge in [-0.05, 0) is 13.3 Å². The lowest BCUT2D eigenvalue weighted by Crippen LogP contribution is -2.19. The molecule has 0 aliphatic heterocycles. The van der Waals surface area contributed by atoms with Crippen molar-refractivity contribution in [2.75, 3.05) is 5.32 Å². The van der Waals surface area contributed by atoms with E-state index in [4.69, 9.17) is 0 Å². The van der Waals surface area contributed by atoms with Gasteiger partial charge in [0.25, 0.3) is 0 Å². The summed E-state index contributed by atoms with van der Waals surface area (Å²) >= 11 is 0. The number of amides is 1. The Morgan fingerprint density at radius 1 is 1.58 bits per heavy atom. The molecular formula is C13H19N5O. The molecule has 0 fully saturated rings. The van der Waals surface area contributed by atoms with Crippen LogP contribution >= 0.6 is 0 Å². The van der Waals surface area contributed by atoms with Gasteiger partial charge in [0.1, 0.15) is 5.82 Å². The molecule has 2 aromatic heterocycles. The van der Waals surface area contributed by atoms with E-state index in [1.807, 2.05) is 17.7 Å². The molecule has 2 N–H and O–H groups in total. The molecule has 2 aromatic rings. The van der Waals surface area contributed by atoms with Crippen LogP contribution in [-0.4, -0.2) is 25.7 Å². The summed E-state index contributed by atoms with van der Waals surface area (Å²) in [6.45, 7) is 4.01. The third kappa shape index (κ3) is 3.43. The second-order valence-electron chi connectivity index (χ2n) is 4.63. The summed E-state index contributed by atoms with van der Waals surface area (Å²) in [5, 5.41) is 9.51. The molecule has 2 heterocycles. The van der Waals surface area contributed by atoms with Crippen molar-refractivity contribution < 1.29 is 4.79 Å². The lowest BCUT2D eigenvalue weighted by atomic mass is 10.1. The van der Waals surface area contributed by atoms with Crippen LogP contribution in [0.3, 0.4) is 0 Å². The number of aromatic nitrogens is 4. The number of rotatable bonds is 6. The molecular weight excluding hydrogens is 242 g/mol. The zero-order chi connectivity index (χ0) is 13.7. The van der Waals surface area contributed by atoms with E-state index in [1.54, 1.807) is 18.7 Å². The number of imidazole rings is 1. The van der Waals surface area contributed by atoms with Crippen LogP contribution in [0.15, 0.2) is 24.9 Å². The van der Waals surface area contributed by atoms with E-state index in [0.717, 1.165) is 18.4 Å². The first-order valence-electron chi connectivity index (χ1n) is 6.48. The molecule has 102 valence electrons. The maximum Gasteiger partial charge on any atom is 0.227 e. The fraction of sp³-hybridized carbons (Fsp3) is 0.462. The van der Waals surface area contributed by atoms with E-state index in [1.165, 1.54) is 0 Å². The van der Waals surface area contributed by atoms with Crippen LogP contribution in [0.1, 0.15) is 37.8 Å². The standard InChI is InChI=1S/C13H19N5O/c1-3-4-11(18-6-5-14-9-18)7-12(19)16-13-10(2)8-15-17-13/h5-6,8-9,11H,3-4,7H2,1-2H3,(H2,15,16,17,19). The van der Waals surface area contributed by atoms with Gasteiger partial charge in [-0.15, -0.1) is 0 Å². The number of aromatic amines is 1. The fourth-order valence-corrected chi connectivity index (χ4v) is 2.05. The molecule has 0 aliphatic carbocycles. The number of hydrogen-bond acceptors (Lipinski definition) is 3. The average Bonchev–Trinajstić information content (AvgIpc) is 3.01. The third-order valence-electron chi connectivity index (χ3n) is 3.08. The molecule has 6 heteroatoms. The zero-order valence-corrected chi connectivity index (χ0v) is 11.3. The van der Waals surface area contributed by atoms with Gasteiger partial charge in [0.05, 0.1) is 12.5 Å². The maximum atomic E-state index is 12.1. The minimum Gasteiger partial charge on any atom is -0.334 e. The van der Waals surface area contributed by atoms with Gasteiger partial charge in [0, 0.05) is 30.4 Å². The first-order valence-corrected chi connectivity index (χ1v) is 6.48. The molecule has 1 amide bonds. The van der Waals surface area contributed by atoms with Gasteiger partial charge in [-0.2, -0.15) is 5.10 Å². The van der Waals surface area contributed by atoms with Gasteiger partial charge in [-0.1, -0.05) is 13.3 Å². The van der Waals surface area contributed by atoms with Crippen LogP contribution < -0.4 is 5.32 Å². The van der Waals surface area contributed by atoms with E-state index in [-0.39, 0.29) is 11.9 Å². The molecule has 0 spiro atoms. The number of H-pyrrole nitrogens is 1. The quantitative estimate of drug-likeness (QED) is 0.837. The van der Waals surface area contributed by atoms with Crippen molar-refractivity contribution in [2.24, 2.45) is 0 Å². The maximum absolute atomic E-state index is 12.1. The van der Waals surface area contributed by atoms with Gasteiger partial charge in [0.15, 0.2) is 0 Å². The van der Waals surface area contributed by atoms with E-state index < -0.39 is 0 Å². The summed E-state index contributed by atoms with van der Waals surface area (Å²) in [6.07, 6.45) is 9.49. The van der Waals surface area contributed by atoms with Gasteiger partial charge in [-0.3, -0.25) is 9.89 Å². The van der Waals surface area contributed by atoms with Crippen molar-refractivity contribution in [1.29, 1.82) is 0 Å². The number of anilines is 1. The highest BCUT2D eigenvalue weighted by molar-refractivity contribution is 5.90. The normalized spacial score (nSPS) is 12.3. The average molecular weight is 261 g/mol. The smallest absolute Gasteiger partial charge is 0.227 e. The van der Waals surface area contributed by atoms with E-state index in [9.17, 15) is 4.79 Å². The predicted molar refractivity (Wildman–Crippen MR) is 72.7 cm³/mol. The fourth-order valence-electron chi connectivity index (χ4n) is 2.05. The number of nitrogens with one attached hydrogen (secondary N) is 2. The Hall–Kier alpha value is -2.11. The summed E-state index contributed by atoms with van der Waals surface area (Å²) in [5.74, 6) is 0.658. The predicted octanol–water partition coefficient (Wildman–Crippen LogP) is 2.28. The Morgan fingerprint density at radius 3 is 3.00 bits per heavy atom. The van der Waals surface area contributed by atoms with Gasteiger partial charge in [-0.25, -0.2) is 4.98 Å². The highest BCUT2D eigenvalue weighted by Crippen LogP contribution is 2.19. The van der Waals surface area contributed by atoms with Crippen molar-refractivity contribution in [3.8, 4) is 0 Å². The van der Waals surface area contributed by atoms with Crippen molar-refractivity contribution in [1.82, 2.24) is 19.7 Å². The highest BCUT2D eigenvalue weighted by Gasteiger charge is 2.15. The van der Waals surface area contributed by atoms with Crippen LogP contribution in [0.5, 0.6) is 0 Å². The van der Waals surface area contributed by atoms with Crippen molar-refractivity contribution in [2.45, 2.75) is 39.2 Å². The van der Waals surface area contributed by atoms with Gasteiger partial charge >= 0.3 is 0 Å². The molecule has 2 rings (SSSR count). The second kappa shape index (κ2) is 6.17. The van der Waals surface area contributed by atoms with E-state index in [0.29, 0.717) is 12.2 Å².